The summed E-state index contributed by atoms with van der Waals surface area (Å²) in [5, 5.41) is 1.85. The zero-order valence-corrected chi connectivity index (χ0v) is 19.4. The van der Waals surface area contributed by atoms with Gasteiger partial charge in [-0.2, -0.15) is 0 Å². The highest BCUT2D eigenvalue weighted by Crippen LogP contribution is 2.41. The van der Waals surface area contributed by atoms with Crippen LogP contribution in [-0.4, -0.2) is 27.0 Å². The number of nitrogens with zero attached hydrogens (tertiary/aromatic N) is 6. The molecule has 0 amide bonds. The fraction of sp³-hybridized carbons (Fsp3) is 0.0400. The first kappa shape index (κ1) is 21.1. The summed E-state index contributed by atoms with van der Waals surface area (Å²) < 4.78 is 46.3. The van der Waals surface area contributed by atoms with Crippen LogP contribution in [0.2, 0.25) is 0 Å². The maximum absolute atomic E-state index is 14.5. The molecule has 0 aliphatic carbocycles. The highest BCUT2D eigenvalue weighted by atomic mass is 35.5. The molecule has 2 aromatic carbocycles. The molecule has 3 aliphatic rings. The number of benzene rings is 2. The molecular weight excluding hydrogens is 488 g/mol. The Morgan fingerprint density at radius 2 is 1.61 bits per heavy atom. The molecule has 174 valence electrons. The maximum Gasteiger partial charge on any atom is 0.499 e. The summed E-state index contributed by atoms with van der Waals surface area (Å²) in [6.07, 6.45) is 1.69. The molecule has 7 rings (SSSR count). The van der Waals surface area contributed by atoms with E-state index in [1.165, 1.54) is 36.4 Å². The second kappa shape index (κ2) is 7.17. The molecule has 3 aliphatic heterocycles. The Balaban J connectivity index is 1.77. The van der Waals surface area contributed by atoms with Crippen LogP contribution in [0.5, 0.6) is 0 Å². The number of hydrogen-bond acceptors (Lipinski definition) is 4. The van der Waals surface area contributed by atoms with Crippen molar-refractivity contribution in [2.45, 2.75) is 6.92 Å². The van der Waals surface area contributed by atoms with Crippen molar-refractivity contribution < 1.29 is 13.2 Å². The average Bonchev–Trinajstić information content (AvgIpc) is 3.44. The predicted molar refractivity (Wildman–Crippen MR) is 134 cm³/mol. The van der Waals surface area contributed by atoms with E-state index in [0.717, 1.165) is 0 Å². The molecule has 6 nitrogen and oxygen atoms in total. The minimum Gasteiger partial charge on any atom is -0.319 e. The maximum atomic E-state index is 14.5. The van der Waals surface area contributed by atoms with Crippen molar-refractivity contribution in [1.29, 1.82) is 0 Å². The number of hydrogen-bond donors (Lipinski definition) is 0. The van der Waals surface area contributed by atoms with Gasteiger partial charge >= 0.3 is 6.40 Å². The lowest BCUT2D eigenvalue weighted by Gasteiger charge is -2.18. The van der Waals surface area contributed by atoms with Gasteiger partial charge in [0.25, 0.3) is 0 Å². The fourth-order valence-corrected chi connectivity index (χ4v) is 5.20. The summed E-state index contributed by atoms with van der Waals surface area (Å²) in [5.41, 5.74) is 1.63. The van der Waals surface area contributed by atoms with E-state index in [2.05, 4.69) is 11.6 Å². The van der Waals surface area contributed by atoms with Crippen LogP contribution in [0.3, 0.4) is 0 Å². The van der Waals surface area contributed by atoms with Crippen LogP contribution < -0.4 is 21.4 Å². The van der Waals surface area contributed by atoms with Gasteiger partial charge in [0.2, 0.25) is 0 Å². The van der Waals surface area contributed by atoms with Gasteiger partial charge in [0, 0.05) is 32.3 Å². The summed E-state index contributed by atoms with van der Waals surface area (Å²) in [5.74, 6) is -0.160. The van der Waals surface area contributed by atoms with Gasteiger partial charge < -0.3 is 8.96 Å². The third-order valence-corrected chi connectivity index (χ3v) is 6.90. The summed E-state index contributed by atoms with van der Waals surface area (Å²) in [7, 11) is 0. The summed E-state index contributed by atoms with van der Waals surface area (Å²) >= 11 is 7.04. The molecule has 0 N–H and O–H groups in total. The van der Waals surface area contributed by atoms with Gasteiger partial charge in [0.15, 0.2) is 11.7 Å². The van der Waals surface area contributed by atoms with Crippen LogP contribution in [0.1, 0.15) is 18.1 Å². The third-order valence-electron chi connectivity index (χ3n) is 6.51. The molecule has 0 atom stereocenters. The van der Waals surface area contributed by atoms with Gasteiger partial charge in [-0.05, 0) is 49.4 Å². The van der Waals surface area contributed by atoms with Crippen LogP contribution in [0.15, 0.2) is 68.3 Å². The van der Waals surface area contributed by atoms with E-state index in [1.54, 1.807) is 28.0 Å². The number of aromatic nitrogens is 2. The van der Waals surface area contributed by atoms with Crippen molar-refractivity contribution in [2.75, 3.05) is 0 Å². The van der Waals surface area contributed by atoms with Crippen molar-refractivity contribution in [3.05, 3.63) is 92.5 Å². The van der Waals surface area contributed by atoms with E-state index in [1.807, 2.05) is 0 Å². The second-order valence-electron chi connectivity index (χ2n) is 8.53. The van der Waals surface area contributed by atoms with Crippen molar-refractivity contribution >= 4 is 64.6 Å². The highest BCUT2D eigenvalue weighted by molar-refractivity contribution is 7.05. The van der Waals surface area contributed by atoms with E-state index in [9.17, 15) is 13.2 Å². The van der Waals surface area contributed by atoms with Gasteiger partial charge in [0.1, 0.15) is 40.1 Å². The van der Waals surface area contributed by atoms with E-state index < -0.39 is 23.9 Å². The Kier molecular flexibility index (Phi) is 4.21. The molecule has 0 radical (unpaired) electrons. The molecular formula is C25H13BClF3N6. The minimum absolute atomic E-state index is 0.205. The minimum atomic E-state index is -0.935. The molecule has 0 saturated heterocycles. The Labute approximate surface area is 206 Å². The standard InChI is InChI=1S/C25H13BClF3N6/c1-3-12(28)8-17-11(2)22-32-21-18-9-13(29)4-6-15(18)20(31-21)33-25-19-10-14(30)5-7-16(19)23-34-24(17)35(22)26(27)36(23)25/h3-10H,2H2,1H3/b12-3+,17-8+,32-22?,33-20?. The van der Waals surface area contributed by atoms with E-state index in [-0.39, 0.29) is 11.7 Å². The zero-order valence-electron chi connectivity index (χ0n) is 18.6. The number of amidine groups is 2. The van der Waals surface area contributed by atoms with Crippen LogP contribution in [0.4, 0.5) is 24.8 Å². The lowest BCUT2D eigenvalue weighted by molar-refractivity contribution is 0.627. The Bertz CT molecular complexity index is 2040. The number of rotatable bonds is 1. The smallest absolute Gasteiger partial charge is 0.319 e. The lowest BCUT2D eigenvalue weighted by Crippen LogP contribution is -2.47. The number of allylic oxidation sites excluding steroid dienone is 2. The third kappa shape index (κ3) is 2.70. The summed E-state index contributed by atoms with van der Waals surface area (Å²) in [6, 6.07) is 8.50. The van der Waals surface area contributed by atoms with Crippen LogP contribution in [-0.2, 0) is 0 Å². The molecule has 0 saturated carbocycles. The van der Waals surface area contributed by atoms with Crippen LogP contribution >= 0.6 is 11.5 Å². The van der Waals surface area contributed by atoms with Gasteiger partial charge in [-0.25, -0.2) is 33.1 Å². The normalized spacial score (nSPS) is 16.0. The van der Waals surface area contributed by atoms with E-state index in [0.29, 0.717) is 54.9 Å². The van der Waals surface area contributed by atoms with Crippen molar-refractivity contribution in [1.82, 2.24) is 8.96 Å². The number of aliphatic imine (C=N–C) groups is 2. The molecule has 36 heavy (non-hydrogen) atoms. The molecule has 11 heteroatoms. The van der Waals surface area contributed by atoms with Gasteiger partial charge in [-0.3, -0.25) is 0 Å². The molecule has 0 unspecified atom stereocenters. The summed E-state index contributed by atoms with van der Waals surface area (Å²) in [4.78, 5) is 18.9. The van der Waals surface area contributed by atoms with Gasteiger partial charge in [-0.1, -0.05) is 12.7 Å². The average molecular weight is 501 g/mol. The molecule has 0 spiro atoms. The van der Waals surface area contributed by atoms with E-state index in [4.69, 9.17) is 26.4 Å². The van der Waals surface area contributed by atoms with Gasteiger partial charge in [-0.15, -0.1) is 11.5 Å². The molecule has 4 aromatic rings. The van der Waals surface area contributed by atoms with Crippen molar-refractivity contribution in [2.24, 2.45) is 20.0 Å². The Hall–Kier alpha value is -4.18. The van der Waals surface area contributed by atoms with Crippen LogP contribution in [0.25, 0.3) is 23.4 Å². The monoisotopic (exact) mass is 500 g/mol. The first-order valence-electron chi connectivity index (χ1n) is 11.0. The largest absolute Gasteiger partial charge is 0.499 e. The first-order valence-corrected chi connectivity index (χ1v) is 11.4. The van der Waals surface area contributed by atoms with E-state index >= 15 is 0 Å². The lowest BCUT2D eigenvalue weighted by atomic mass is 10.1. The van der Waals surface area contributed by atoms with Crippen LogP contribution in [0, 0.1) is 11.6 Å². The zero-order chi connectivity index (χ0) is 24.9. The SMILES string of the molecule is C=c1c2n3c(/c1=C/C(F)=C\C)=Nc1c4ccc(F)cc4c(n1B3Cl)N=C1N=C(N=2)c2cc(F)ccc21. The molecule has 4 bridgehead atoms. The molecule has 0 fully saturated rings. The number of halogens is 4. The second-order valence-corrected chi connectivity index (χ2v) is 8.92. The molecule has 5 heterocycles. The molecule has 2 aromatic heterocycles. The predicted octanol–water partition coefficient (Wildman–Crippen LogP) is 3.14. The van der Waals surface area contributed by atoms with Gasteiger partial charge in [0.05, 0.1) is 0 Å². The number of fused-ring (bicyclic) bond motifs is 7. The Morgan fingerprint density at radius 3 is 2.42 bits per heavy atom. The fourth-order valence-electron chi connectivity index (χ4n) is 4.83. The van der Waals surface area contributed by atoms with Crippen molar-refractivity contribution in [3.8, 4) is 0 Å². The highest BCUT2D eigenvalue weighted by Gasteiger charge is 2.35. The quantitative estimate of drug-likeness (QED) is 0.361. The summed E-state index contributed by atoms with van der Waals surface area (Å²) in [6.45, 7) is 5.71. The topological polar surface area (TPSA) is 59.3 Å². The Morgan fingerprint density at radius 1 is 0.889 bits per heavy atom. The van der Waals surface area contributed by atoms with Crippen molar-refractivity contribution in [3.63, 3.8) is 0 Å². The first-order chi connectivity index (χ1) is 17.4.